The van der Waals surface area contributed by atoms with Gasteiger partial charge in [0.05, 0.1) is 0 Å². The second-order valence-corrected chi connectivity index (χ2v) is 8.94. The molecule has 3 aromatic rings. The summed E-state index contributed by atoms with van der Waals surface area (Å²) >= 11 is 0. The van der Waals surface area contributed by atoms with Gasteiger partial charge in [0.1, 0.15) is 0 Å². The van der Waals surface area contributed by atoms with Crippen LogP contribution in [0.3, 0.4) is 0 Å². The van der Waals surface area contributed by atoms with Crippen LogP contribution in [0.2, 0.25) is 13.1 Å². The van der Waals surface area contributed by atoms with Crippen LogP contribution in [0.1, 0.15) is 65.6 Å². The summed E-state index contributed by atoms with van der Waals surface area (Å²) in [5.74, 6) is 0. The van der Waals surface area contributed by atoms with Crippen molar-refractivity contribution in [1.29, 1.82) is 0 Å². The van der Waals surface area contributed by atoms with Gasteiger partial charge in [0.15, 0.2) is 0 Å². The van der Waals surface area contributed by atoms with Gasteiger partial charge >= 0.3 is 26.2 Å². The molecule has 32 heavy (non-hydrogen) atoms. The van der Waals surface area contributed by atoms with Crippen LogP contribution in [0.5, 0.6) is 0 Å². The molecule has 0 amide bonds. The van der Waals surface area contributed by atoms with Crippen LogP contribution < -0.4 is 0 Å². The van der Waals surface area contributed by atoms with Crippen LogP contribution in [0, 0.1) is 34.6 Å². The number of aryl methyl sites for hydroxylation is 2. The SMILES string of the molecule is CCC[c-]1cccc1.CCC[c-]1cccc1.C[SiH]C.Cc1c(C)c(C)[c-](C)c1C.Cl.Cl.[Zr+3]. The largest absolute Gasteiger partial charge is 3.00 e. The van der Waals surface area contributed by atoms with Gasteiger partial charge in [-0.2, -0.15) is 63.2 Å². The summed E-state index contributed by atoms with van der Waals surface area (Å²) in [6.07, 6.45) is 4.97. The van der Waals surface area contributed by atoms with Crippen molar-refractivity contribution in [1.82, 2.24) is 0 Å². The van der Waals surface area contributed by atoms with Crippen LogP contribution >= 0.6 is 24.8 Å². The summed E-state index contributed by atoms with van der Waals surface area (Å²) in [4.78, 5) is 0. The summed E-state index contributed by atoms with van der Waals surface area (Å²) < 4.78 is 0. The molecule has 0 aliphatic carbocycles. The molecule has 0 fully saturated rings. The first-order valence-corrected chi connectivity index (χ1v) is 13.5. The first-order valence-electron chi connectivity index (χ1n) is 11.2. The van der Waals surface area contributed by atoms with Crippen LogP contribution in [-0.2, 0) is 39.0 Å². The van der Waals surface area contributed by atoms with Crippen LogP contribution in [0.15, 0.2) is 48.5 Å². The van der Waals surface area contributed by atoms with E-state index in [4.69, 9.17) is 0 Å². The summed E-state index contributed by atoms with van der Waals surface area (Å²) in [5, 5.41) is 0. The van der Waals surface area contributed by atoms with E-state index in [2.05, 4.69) is 110 Å². The van der Waals surface area contributed by atoms with Gasteiger partial charge in [0, 0.05) is 9.52 Å². The van der Waals surface area contributed by atoms with E-state index >= 15 is 0 Å². The average Bonchev–Trinajstić information content (AvgIpc) is 3.44. The smallest absolute Gasteiger partial charge is 0.213 e. The van der Waals surface area contributed by atoms with E-state index in [1.54, 1.807) is 0 Å². The molecular formula is C28H46Cl2SiZr. The molecule has 0 unspecified atom stereocenters. The van der Waals surface area contributed by atoms with Crippen molar-refractivity contribution in [3.05, 3.63) is 87.5 Å². The number of hydrogen-bond acceptors (Lipinski definition) is 0. The molecular weight excluding hydrogens is 527 g/mol. The van der Waals surface area contributed by atoms with Crippen molar-refractivity contribution in [2.24, 2.45) is 0 Å². The minimum Gasteiger partial charge on any atom is -0.213 e. The first-order chi connectivity index (χ1) is 13.8. The van der Waals surface area contributed by atoms with Gasteiger partial charge in [-0.05, 0) is 0 Å². The Kier molecular flexibility index (Phi) is 29.1. The van der Waals surface area contributed by atoms with E-state index in [0.717, 1.165) is 9.52 Å². The van der Waals surface area contributed by atoms with E-state index < -0.39 is 0 Å². The minimum atomic E-state index is 0. The molecule has 3 aromatic carbocycles. The zero-order valence-corrected chi connectivity index (χ0v) is 27.1. The fraction of sp³-hybridized carbons (Fsp3) is 0.464. The second kappa shape index (κ2) is 23.9. The van der Waals surface area contributed by atoms with Crippen molar-refractivity contribution < 1.29 is 26.2 Å². The predicted octanol–water partition coefficient (Wildman–Crippen LogP) is 9.02. The predicted molar refractivity (Wildman–Crippen MR) is 151 cm³/mol. The van der Waals surface area contributed by atoms with Crippen molar-refractivity contribution in [3.63, 3.8) is 0 Å². The zero-order chi connectivity index (χ0) is 22.2. The second-order valence-electron chi connectivity index (χ2n) is 7.79. The molecule has 0 nitrogen and oxygen atoms in total. The molecule has 0 saturated heterocycles. The van der Waals surface area contributed by atoms with E-state index in [1.165, 1.54) is 64.6 Å². The molecule has 2 radical (unpaired) electrons. The number of halogens is 2. The Morgan fingerprint density at radius 3 is 1.06 bits per heavy atom. The Hall–Kier alpha value is -0.270. The molecule has 0 atom stereocenters. The Balaban J connectivity index is -0.000000167. The summed E-state index contributed by atoms with van der Waals surface area (Å²) in [7, 11) is 0.750. The van der Waals surface area contributed by atoms with Crippen molar-refractivity contribution in [3.8, 4) is 0 Å². The molecule has 0 aromatic heterocycles. The van der Waals surface area contributed by atoms with E-state index in [0.29, 0.717) is 0 Å². The molecule has 0 bridgehead atoms. The maximum Gasteiger partial charge on any atom is 3.00 e. The Morgan fingerprint density at radius 1 is 0.656 bits per heavy atom. The molecule has 4 heteroatoms. The molecule has 0 heterocycles. The summed E-state index contributed by atoms with van der Waals surface area (Å²) in [5.41, 5.74) is 10.3. The van der Waals surface area contributed by atoms with Gasteiger partial charge in [-0.15, -0.1) is 24.8 Å². The van der Waals surface area contributed by atoms with Crippen molar-refractivity contribution in [2.45, 2.75) is 87.2 Å². The van der Waals surface area contributed by atoms with E-state index in [1.807, 2.05) is 0 Å². The Morgan fingerprint density at radius 2 is 0.906 bits per heavy atom. The fourth-order valence-corrected chi connectivity index (χ4v) is 3.14. The molecule has 3 rings (SSSR count). The zero-order valence-electron chi connectivity index (χ0n) is 21.8. The fourth-order valence-electron chi connectivity index (χ4n) is 3.14. The van der Waals surface area contributed by atoms with Gasteiger partial charge in [0.25, 0.3) is 0 Å². The van der Waals surface area contributed by atoms with Crippen molar-refractivity contribution >= 4 is 34.3 Å². The van der Waals surface area contributed by atoms with Gasteiger partial charge in [-0.25, -0.2) is 24.3 Å². The minimum absolute atomic E-state index is 0. The van der Waals surface area contributed by atoms with Gasteiger partial charge in [-0.1, -0.05) is 87.2 Å². The van der Waals surface area contributed by atoms with Gasteiger partial charge in [0.2, 0.25) is 0 Å². The Bertz CT molecular complexity index is 625. The molecule has 0 saturated carbocycles. The van der Waals surface area contributed by atoms with Crippen LogP contribution in [0.4, 0.5) is 0 Å². The monoisotopic (exact) mass is 570 g/mol. The van der Waals surface area contributed by atoms with Gasteiger partial charge < -0.3 is 0 Å². The standard InChI is InChI=1S/C10H15.2C8H11.C2H7Si.2ClH.Zr/c1-6-7(2)9(4)10(5)8(6)3;2*1-2-5-8-6-3-4-7-8;1-3-2;;;/h1-5H3;2*3-4,6-7H,2,5H2,1H3;3H,1-2H3;2*1H;/q3*-1;;;;+3. The summed E-state index contributed by atoms with van der Waals surface area (Å²) in [6.45, 7) is 19.8. The van der Waals surface area contributed by atoms with E-state index in [-0.39, 0.29) is 51.0 Å². The third kappa shape index (κ3) is 15.5. The topological polar surface area (TPSA) is 0 Å². The number of rotatable bonds is 4. The quantitative estimate of drug-likeness (QED) is 0.216. The molecule has 0 aliphatic rings. The third-order valence-electron chi connectivity index (χ3n) is 5.35. The Labute approximate surface area is 233 Å². The molecule has 0 spiro atoms. The van der Waals surface area contributed by atoms with Crippen LogP contribution in [-0.4, -0.2) is 9.52 Å². The molecule has 0 aliphatic heterocycles. The van der Waals surface area contributed by atoms with E-state index in [9.17, 15) is 0 Å². The first kappa shape index (κ1) is 39.0. The van der Waals surface area contributed by atoms with Gasteiger partial charge in [-0.3, -0.25) is 0 Å². The maximum atomic E-state index is 2.21. The normalized spacial score (nSPS) is 8.66. The average molecular weight is 573 g/mol. The summed E-state index contributed by atoms with van der Waals surface area (Å²) in [6, 6.07) is 17.0. The third-order valence-corrected chi connectivity index (χ3v) is 5.35. The van der Waals surface area contributed by atoms with Crippen molar-refractivity contribution in [2.75, 3.05) is 0 Å². The molecule has 0 N–H and O–H groups in total. The maximum absolute atomic E-state index is 2.21. The van der Waals surface area contributed by atoms with Crippen LogP contribution in [0.25, 0.3) is 0 Å². The molecule has 180 valence electrons. The number of hydrogen-bond donors (Lipinski definition) is 0.